The number of carbonyl (C=O) groups is 2. The summed E-state index contributed by atoms with van der Waals surface area (Å²) in [5.74, 6) is -1.66. The molecule has 0 aliphatic heterocycles. The summed E-state index contributed by atoms with van der Waals surface area (Å²) in [4.78, 5) is 37.4. The SMILES string of the molecule is O=C(N[C@@H](Cc1ccc2ccccc2c1)C(=O)O)c1cccc(-c2cc3ccccc3oc2=O)c1. The van der Waals surface area contributed by atoms with Crippen molar-refractivity contribution in [1.82, 2.24) is 5.32 Å². The number of hydrogen-bond donors (Lipinski definition) is 2. The molecule has 1 aromatic heterocycles. The molecule has 1 amide bonds. The normalized spacial score (nSPS) is 11.9. The van der Waals surface area contributed by atoms with Gasteiger partial charge >= 0.3 is 11.6 Å². The lowest BCUT2D eigenvalue weighted by Gasteiger charge is -2.15. The third kappa shape index (κ3) is 4.68. The van der Waals surface area contributed by atoms with Crippen molar-refractivity contribution in [2.24, 2.45) is 0 Å². The van der Waals surface area contributed by atoms with Gasteiger partial charge in [0.1, 0.15) is 11.6 Å². The number of benzene rings is 4. The van der Waals surface area contributed by atoms with Crippen molar-refractivity contribution in [3.05, 3.63) is 119 Å². The molecule has 5 rings (SSSR count). The van der Waals surface area contributed by atoms with Crippen LogP contribution in [0, 0.1) is 0 Å². The Hall–Kier alpha value is -4.71. The summed E-state index contributed by atoms with van der Waals surface area (Å²) in [6.45, 7) is 0. The topological polar surface area (TPSA) is 96.6 Å². The van der Waals surface area contributed by atoms with Crippen LogP contribution in [0.15, 0.2) is 106 Å². The van der Waals surface area contributed by atoms with Crippen LogP contribution in [0.1, 0.15) is 15.9 Å². The van der Waals surface area contributed by atoms with Gasteiger partial charge in [-0.25, -0.2) is 9.59 Å². The Kier molecular flexibility index (Phi) is 5.85. The molecule has 0 saturated carbocycles. The molecule has 0 unspecified atom stereocenters. The van der Waals surface area contributed by atoms with Gasteiger partial charge < -0.3 is 14.8 Å². The molecular weight excluding hydrogens is 442 g/mol. The van der Waals surface area contributed by atoms with Gasteiger partial charge in [0.2, 0.25) is 0 Å². The zero-order valence-electron chi connectivity index (χ0n) is 18.6. The summed E-state index contributed by atoms with van der Waals surface area (Å²) in [5, 5.41) is 15.2. The van der Waals surface area contributed by atoms with Crippen LogP contribution in [0.4, 0.5) is 0 Å². The van der Waals surface area contributed by atoms with Crippen LogP contribution in [0.25, 0.3) is 32.9 Å². The minimum absolute atomic E-state index is 0.139. The molecule has 1 heterocycles. The number of hydrogen-bond acceptors (Lipinski definition) is 4. The summed E-state index contributed by atoms with van der Waals surface area (Å²) in [5.41, 5.74) is 1.86. The Balaban J connectivity index is 1.39. The first-order chi connectivity index (χ1) is 17.0. The fourth-order valence-corrected chi connectivity index (χ4v) is 4.13. The van der Waals surface area contributed by atoms with E-state index in [9.17, 15) is 19.5 Å². The molecule has 172 valence electrons. The Morgan fingerprint density at radius 3 is 2.34 bits per heavy atom. The van der Waals surface area contributed by atoms with Gasteiger partial charge in [-0.1, -0.05) is 72.8 Å². The predicted octanol–water partition coefficient (Wildman–Crippen LogP) is 5.04. The third-order valence-electron chi connectivity index (χ3n) is 5.93. The van der Waals surface area contributed by atoms with Crippen LogP contribution in [0.3, 0.4) is 0 Å². The number of rotatable bonds is 6. The quantitative estimate of drug-likeness (QED) is 0.344. The smallest absolute Gasteiger partial charge is 0.344 e. The highest BCUT2D eigenvalue weighted by atomic mass is 16.4. The summed E-state index contributed by atoms with van der Waals surface area (Å²) >= 11 is 0. The third-order valence-corrected chi connectivity index (χ3v) is 5.93. The van der Waals surface area contributed by atoms with Crippen LogP contribution in [0.5, 0.6) is 0 Å². The van der Waals surface area contributed by atoms with Gasteiger partial charge in [-0.05, 0) is 46.2 Å². The lowest BCUT2D eigenvalue weighted by molar-refractivity contribution is -0.139. The van der Waals surface area contributed by atoms with Gasteiger partial charge in [0, 0.05) is 17.4 Å². The number of aliphatic carboxylic acids is 1. The van der Waals surface area contributed by atoms with Gasteiger partial charge in [-0.15, -0.1) is 0 Å². The van der Waals surface area contributed by atoms with Crippen molar-refractivity contribution in [1.29, 1.82) is 0 Å². The molecule has 0 fully saturated rings. The molecule has 5 aromatic rings. The molecule has 35 heavy (non-hydrogen) atoms. The van der Waals surface area contributed by atoms with Crippen LogP contribution < -0.4 is 10.9 Å². The monoisotopic (exact) mass is 463 g/mol. The average molecular weight is 463 g/mol. The van der Waals surface area contributed by atoms with Gasteiger partial charge in [0.25, 0.3) is 5.91 Å². The van der Waals surface area contributed by atoms with E-state index in [1.165, 1.54) is 0 Å². The summed E-state index contributed by atoms with van der Waals surface area (Å²) < 4.78 is 5.41. The van der Waals surface area contributed by atoms with Crippen molar-refractivity contribution in [3.63, 3.8) is 0 Å². The second kappa shape index (κ2) is 9.27. The van der Waals surface area contributed by atoms with Gasteiger partial charge in [0.05, 0.1) is 5.56 Å². The molecule has 0 bridgehead atoms. The molecule has 0 saturated heterocycles. The van der Waals surface area contributed by atoms with Crippen LogP contribution in [0.2, 0.25) is 0 Å². The summed E-state index contributed by atoms with van der Waals surface area (Å²) in [7, 11) is 0. The van der Waals surface area contributed by atoms with Gasteiger partial charge in [0.15, 0.2) is 0 Å². The fourth-order valence-electron chi connectivity index (χ4n) is 4.13. The minimum atomic E-state index is -1.13. The maximum atomic E-state index is 13.0. The predicted molar refractivity (Wildman–Crippen MR) is 134 cm³/mol. The van der Waals surface area contributed by atoms with E-state index in [1.54, 1.807) is 42.5 Å². The first-order valence-electron chi connectivity index (χ1n) is 11.1. The molecule has 0 spiro atoms. The standard InChI is InChI=1S/C29H21NO5/c31-27(30-25(28(32)33)15-18-12-13-19-6-1-2-7-20(19)14-18)23-10-5-9-21(16-23)24-17-22-8-3-4-11-26(22)35-29(24)34/h1-14,16-17,25H,15H2,(H,30,31)(H,32,33)/t25-/m0/s1. The molecule has 0 aliphatic rings. The lowest BCUT2D eigenvalue weighted by Crippen LogP contribution is -2.42. The summed E-state index contributed by atoms with van der Waals surface area (Å²) in [6, 6.07) is 27.8. The van der Waals surface area contributed by atoms with Crippen molar-refractivity contribution in [2.75, 3.05) is 0 Å². The Bertz CT molecular complexity index is 1640. The molecule has 0 radical (unpaired) electrons. The highest BCUT2D eigenvalue weighted by Gasteiger charge is 2.22. The Morgan fingerprint density at radius 2 is 1.54 bits per heavy atom. The number of carboxylic acid groups (broad SMARTS) is 1. The van der Waals surface area contributed by atoms with E-state index >= 15 is 0 Å². The number of para-hydroxylation sites is 1. The molecule has 6 heteroatoms. The summed E-state index contributed by atoms with van der Waals surface area (Å²) in [6.07, 6.45) is 0.139. The van der Waals surface area contributed by atoms with Crippen molar-refractivity contribution in [2.45, 2.75) is 12.5 Å². The second-order valence-electron chi connectivity index (χ2n) is 8.32. The largest absolute Gasteiger partial charge is 0.480 e. The van der Waals surface area contributed by atoms with E-state index in [1.807, 2.05) is 54.6 Å². The number of carbonyl (C=O) groups excluding carboxylic acids is 1. The van der Waals surface area contributed by atoms with Crippen molar-refractivity contribution < 1.29 is 19.1 Å². The van der Waals surface area contributed by atoms with Crippen molar-refractivity contribution in [3.8, 4) is 11.1 Å². The number of fused-ring (bicyclic) bond motifs is 2. The van der Waals surface area contributed by atoms with E-state index in [2.05, 4.69) is 5.32 Å². The van der Waals surface area contributed by atoms with Crippen LogP contribution in [-0.4, -0.2) is 23.0 Å². The molecule has 1 atom stereocenters. The maximum absolute atomic E-state index is 13.0. The fraction of sp³-hybridized carbons (Fsp3) is 0.0690. The zero-order valence-corrected chi connectivity index (χ0v) is 18.6. The highest BCUT2D eigenvalue weighted by molar-refractivity contribution is 5.98. The van der Waals surface area contributed by atoms with Crippen molar-refractivity contribution >= 4 is 33.6 Å². The number of nitrogens with one attached hydrogen (secondary N) is 1. The van der Waals surface area contributed by atoms with E-state index in [4.69, 9.17) is 4.42 Å². The average Bonchev–Trinajstić information content (AvgIpc) is 2.87. The van der Waals surface area contributed by atoms with E-state index in [0.717, 1.165) is 21.7 Å². The molecule has 4 aromatic carbocycles. The molecular formula is C29H21NO5. The molecule has 6 nitrogen and oxygen atoms in total. The van der Waals surface area contributed by atoms with Crippen LogP contribution in [-0.2, 0) is 11.2 Å². The van der Waals surface area contributed by atoms with E-state index in [0.29, 0.717) is 16.7 Å². The zero-order chi connectivity index (χ0) is 24.4. The van der Waals surface area contributed by atoms with Gasteiger partial charge in [-0.3, -0.25) is 4.79 Å². The molecule has 0 aliphatic carbocycles. The lowest BCUT2D eigenvalue weighted by atomic mass is 10.0. The maximum Gasteiger partial charge on any atom is 0.344 e. The number of amides is 1. The number of carboxylic acids is 1. The Morgan fingerprint density at radius 1 is 0.800 bits per heavy atom. The van der Waals surface area contributed by atoms with Gasteiger partial charge in [-0.2, -0.15) is 0 Å². The molecule has 2 N–H and O–H groups in total. The minimum Gasteiger partial charge on any atom is -0.480 e. The Labute approximate surface area is 200 Å². The first kappa shape index (κ1) is 22.1. The van der Waals surface area contributed by atoms with E-state index in [-0.39, 0.29) is 12.0 Å². The van der Waals surface area contributed by atoms with E-state index < -0.39 is 23.5 Å². The highest BCUT2D eigenvalue weighted by Crippen LogP contribution is 2.22. The van der Waals surface area contributed by atoms with Crippen LogP contribution >= 0.6 is 0 Å². The first-order valence-corrected chi connectivity index (χ1v) is 11.1. The second-order valence-corrected chi connectivity index (χ2v) is 8.32.